The Morgan fingerprint density at radius 1 is 0.966 bits per heavy atom. The number of phenolic OH excluding ortho intramolecular Hbond substituents is 1. The molecule has 5 heterocycles. The number of nitrogens with zero attached hydrogens (tertiary/aromatic N) is 7. The first-order valence-electron chi connectivity index (χ1n) is 19.9. The van der Waals surface area contributed by atoms with E-state index >= 15 is 13.2 Å². The van der Waals surface area contributed by atoms with Crippen LogP contribution in [0, 0.1) is 17.5 Å². The van der Waals surface area contributed by atoms with Crippen molar-refractivity contribution in [2.24, 2.45) is 0 Å². The highest BCUT2D eigenvalue weighted by atomic mass is 19.1. The topological polar surface area (TPSA) is 126 Å². The second kappa shape index (κ2) is 15.4. The lowest BCUT2D eigenvalue weighted by Crippen LogP contribution is -2.48. The summed E-state index contributed by atoms with van der Waals surface area (Å²) >= 11 is 0. The number of rotatable bonds is 9. The third kappa shape index (κ3) is 6.96. The first kappa shape index (κ1) is 39.4. The summed E-state index contributed by atoms with van der Waals surface area (Å²) in [7, 11) is 6.61. The van der Waals surface area contributed by atoms with E-state index < -0.39 is 29.1 Å². The lowest BCUT2D eigenvalue weighted by Gasteiger charge is -2.34. The zero-order chi connectivity index (χ0) is 41.0. The molecular weight excluding hydrogens is 752 g/mol. The normalized spacial score (nSPS) is 20.6. The van der Waals surface area contributed by atoms with Crippen LogP contribution in [0.4, 0.5) is 18.0 Å². The standard InChI is InChI=1S/C43H48F3N7O5/c1-6-29-32(44)11-10-24-18-28(54)20-30(35(24)29)36-33(45)21-31-38(25-9-7-16-53-27(17-25)19-34(49-53)40(55)50(2)3)47-41(48-39(31)37(36)46)58-23-43-13-8-15-52(43)26(12-14-43)22-57-42(56)51(4)5/h10-11,18-21,25-26,54H,6-9,12-17,22-23H2,1-5H3/t25?,26-,43+/m0/s1. The van der Waals surface area contributed by atoms with E-state index in [1.807, 2.05) is 4.68 Å². The monoisotopic (exact) mass is 799 g/mol. The van der Waals surface area contributed by atoms with Crippen LogP contribution < -0.4 is 4.74 Å². The molecule has 0 saturated carbocycles. The van der Waals surface area contributed by atoms with E-state index in [1.54, 1.807) is 41.2 Å². The second-order valence-corrected chi connectivity index (χ2v) is 16.3. The molecule has 2 aromatic heterocycles. The van der Waals surface area contributed by atoms with Gasteiger partial charge in [0.05, 0.1) is 16.8 Å². The molecule has 2 fully saturated rings. The Hall–Kier alpha value is -5.44. The zero-order valence-electron chi connectivity index (χ0n) is 33.4. The second-order valence-electron chi connectivity index (χ2n) is 16.3. The van der Waals surface area contributed by atoms with Gasteiger partial charge in [0.1, 0.15) is 36.1 Å². The van der Waals surface area contributed by atoms with Gasteiger partial charge in [0.2, 0.25) is 0 Å². The van der Waals surface area contributed by atoms with E-state index in [0.29, 0.717) is 48.0 Å². The summed E-state index contributed by atoms with van der Waals surface area (Å²) in [6, 6.07) is 8.41. The third-order valence-corrected chi connectivity index (χ3v) is 12.2. The van der Waals surface area contributed by atoms with Gasteiger partial charge in [-0.3, -0.25) is 14.4 Å². The van der Waals surface area contributed by atoms with E-state index in [0.717, 1.165) is 37.9 Å². The number of phenols is 1. The number of amides is 2. The summed E-state index contributed by atoms with van der Waals surface area (Å²) in [4.78, 5) is 39.8. The third-order valence-electron chi connectivity index (χ3n) is 12.2. The van der Waals surface area contributed by atoms with Crippen molar-refractivity contribution in [2.75, 3.05) is 47.9 Å². The quantitative estimate of drug-likeness (QED) is 0.164. The molecule has 5 aromatic rings. The van der Waals surface area contributed by atoms with Crippen LogP contribution in [-0.2, 0) is 24.1 Å². The number of benzene rings is 3. The number of aromatic nitrogens is 4. The Labute approximate surface area is 334 Å². The van der Waals surface area contributed by atoms with Crippen molar-refractivity contribution in [1.29, 1.82) is 0 Å². The van der Waals surface area contributed by atoms with Gasteiger partial charge in [0.15, 0.2) is 11.5 Å². The first-order valence-corrected chi connectivity index (χ1v) is 19.9. The van der Waals surface area contributed by atoms with Crippen LogP contribution in [0.3, 0.4) is 0 Å². The van der Waals surface area contributed by atoms with Gasteiger partial charge in [0.25, 0.3) is 5.91 Å². The number of aryl methyl sites for hydroxylation is 2. The maximum atomic E-state index is 17.4. The molecule has 12 nitrogen and oxygen atoms in total. The lowest BCUT2D eigenvalue weighted by molar-refractivity contribution is 0.0483. The average molecular weight is 800 g/mol. The highest BCUT2D eigenvalue weighted by Crippen LogP contribution is 2.45. The number of hydrogen-bond acceptors (Lipinski definition) is 9. The van der Waals surface area contributed by atoms with Crippen molar-refractivity contribution in [3.8, 4) is 22.9 Å². The van der Waals surface area contributed by atoms with Crippen LogP contribution in [0.15, 0.2) is 36.4 Å². The minimum absolute atomic E-state index is 0.00906. The summed E-state index contributed by atoms with van der Waals surface area (Å²) < 4.78 is 63.1. The van der Waals surface area contributed by atoms with Gasteiger partial charge < -0.3 is 24.4 Å². The van der Waals surface area contributed by atoms with Crippen molar-refractivity contribution < 1.29 is 37.3 Å². The van der Waals surface area contributed by atoms with E-state index in [1.165, 1.54) is 40.1 Å². The van der Waals surface area contributed by atoms with Crippen molar-refractivity contribution in [2.45, 2.75) is 82.3 Å². The Morgan fingerprint density at radius 3 is 2.53 bits per heavy atom. The van der Waals surface area contributed by atoms with Gasteiger partial charge in [0, 0.05) is 57.8 Å². The van der Waals surface area contributed by atoms with Crippen LogP contribution >= 0.6 is 0 Å². The summed E-state index contributed by atoms with van der Waals surface area (Å²) in [6.45, 7) is 3.57. The van der Waals surface area contributed by atoms with Crippen LogP contribution in [0.5, 0.6) is 11.8 Å². The van der Waals surface area contributed by atoms with Crippen molar-refractivity contribution >= 4 is 33.7 Å². The summed E-state index contributed by atoms with van der Waals surface area (Å²) in [5.41, 5.74) is 0.819. The predicted octanol–water partition coefficient (Wildman–Crippen LogP) is 7.23. The Kier molecular flexibility index (Phi) is 10.4. The number of aromatic hydroxyl groups is 1. The van der Waals surface area contributed by atoms with Gasteiger partial charge in [-0.15, -0.1) is 0 Å². The average Bonchev–Trinajstić information content (AvgIpc) is 3.85. The molecule has 306 valence electrons. The van der Waals surface area contributed by atoms with E-state index in [2.05, 4.69) is 15.0 Å². The van der Waals surface area contributed by atoms with Crippen molar-refractivity contribution in [3.63, 3.8) is 0 Å². The minimum atomic E-state index is -0.983. The molecule has 58 heavy (non-hydrogen) atoms. The molecule has 0 aliphatic carbocycles. The molecule has 3 aliphatic heterocycles. The molecular formula is C43H48F3N7O5. The van der Waals surface area contributed by atoms with Gasteiger partial charge in [-0.1, -0.05) is 13.0 Å². The first-order chi connectivity index (χ1) is 27.8. The molecule has 2 amide bonds. The highest BCUT2D eigenvalue weighted by molar-refractivity contribution is 6.02. The number of halogens is 3. The minimum Gasteiger partial charge on any atom is -0.508 e. The number of fused-ring (bicyclic) bond motifs is 4. The predicted molar refractivity (Wildman–Crippen MR) is 212 cm³/mol. The van der Waals surface area contributed by atoms with Crippen LogP contribution in [-0.4, -0.2) is 111 Å². The Morgan fingerprint density at radius 2 is 1.78 bits per heavy atom. The number of carbonyl (C=O) groups excluding carboxylic acids is 2. The molecule has 0 radical (unpaired) electrons. The maximum Gasteiger partial charge on any atom is 0.409 e. The number of ether oxygens (including phenoxy) is 2. The fourth-order valence-corrected chi connectivity index (χ4v) is 9.37. The lowest BCUT2D eigenvalue weighted by atomic mass is 9.89. The molecule has 1 unspecified atom stereocenters. The fourth-order valence-electron chi connectivity index (χ4n) is 9.37. The molecule has 15 heteroatoms. The van der Waals surface area contributed by atoms with E-state index in [9.17, 15) is 14.7 Å². The maximum absolute atomic E-state index is 17.4. The molecule has 3 aliphatic rings. The number of carbonyl (C=O) groups is 2. The van der Waals surface area contributed by atoms with Crippen LogP contribution in [0.2, 0.25) is 0 Å². The largest absolute Gasteiger partial charge is 0.508 e. The SMILES string of the molecule is CCc1c(F)ccc2cc(O)cc(-c3c(F)cc4c(C5CCCn6nc(C(=O)N(C)C)cc6C5)nc(OC[C@]56CCCN5[C@H](COC(=O)N(C)C)CC6)nc4c3F)c12. The summed E-state index contributed by atoms with van der Waals surface area (Å²) in [6.07, 6.45) is 4.88. The summed E-state index contributed by atoms with van der Waals surface area (Å²) in [5, 5.41) is 16.2. The van der Waals surface area contributed by atoms with Gasteiger partial charge in [-0.05, 0) is 110 Å². The highest BCUT2D eigenvalue weighted by Gasteiger charge is 2.50. The molecule has 2 saturated heterocycles. The van der Waals surface area contributed by atoms with Crippen molar-refractivity contribution in [1.82, 2.24) is 34.4 Å². The number of hydrogen-bond donors (Lipinski definition) is 1. The molecule has 8 rings (SSSR count). The van der Waals surface area contributed by atoms with Crippen LogP contribution in [0.25, 0.3) is 32.8 Å². The van der Waals surface area contributed by atoms with Gasteiger partial charge >= 0.3 is 12.1 Å². The molecule has 0 bridgehead atoms. The van der Waals surface area contributed by atoms with Crippen LogP contribution in [0.1, 0.15) is 78.8 Å². The van der Waals surface area contributed by atoms with Crippen molar-refractivity contribution in [3.05, 3.63) is 76.5 Å². The van der Waals surface area contributed by atoms with E-state index in [4.69, 9.17) is 14.5 Å². The molecule has 1 N–H and O–H groups in total. The molecule has 3 aromatic carbocycles. The fraction of sp³-hybridized carbons (Fsp3) is 0.465. The Bertz CT molecular complexity index is 2440. The van der Waals surface area contributed by atoms with E-state index in [-0.39, 0.29) is 76.8 Å². The summed E-state index contributed by atoms with van der Waals surface area (Å²) in [5.74, 6) is -3.21. The van der Waals surface area contributed by atoms with Gasteiger partial charge in [-0.2, -0.15) is 15.1 Å². The Balaban J connectivity index is 1.23. The smallest absolute Gasteiger partial charge is 0.409 e. The molecule has 3 atom stereocenters. The zero-order valence-corrected chi connectivity index (χ0v) is 33.4. The van der Waals surface area contributed by atoms with Gasteiger partial charge in [-0.25, -0.2) is 18.0 Å². The molecule has 0 spiro atoms.